The first kappa shape index (κ1) is 12.7. The van der Waals surface area contributed by atoms with Gasteiger partial charge in [-0.15, -0.1) is 0 Å². The van der Waals surface area contributed by atoms with Crippen LogP contribution in [0.15, 0.2) is 0 Å². The maximum absolute atomic E-state index is 5.40. The van der Waals surface area contributed by atoms with E-state index in [0.717, 1.165) is 24.6 Å². The summed E-state index contributed by atoms with van der Waals surface area (Å²) < 4.78 is 0. The quantitative estimate of drug-likeness (QED) is 0.660. The lowest BCUT2D eigenvalue weighted by Gasteiger charge is -2.34. The first-order valence-electron chi connectivity index (χ1n) is 6.06. The summed E-state index contributed by atoms with van der Waals surface area (Å²) in [7, 11) is 0. The van der Waals surface area contributed by atoms with Gasteiger partial charge in [0.15, 0.2) is 5.11 Å². The fourth-order valence-corrected chi connectivity index (χ4v) is 2.17. The molecule has 0 aromatic rings. The second-order valence-corrected chi connectivity index (χ2v) is 4.74. The lowest BCUT2D eigenvalue weighted by molar-refractivity contribution is -0.902. The molecule has 1 atom stereocenters. The van der Waals surface area contributed by atoms with E-state index in [1.54, 1.807) is 4.90 Å². The predicted molar refractivity (Wildman–Crippen MR) is 68.3 cm³/mol. The number of thiocarbonyl (C=S) groups is 1. The summed E-state index contributed by atoms with van der Waals surface area (Å²) in [5, 5.41) is 4.32. The van der Waals surface area contributed by atoms with Crippen molar-refractivity contribution in [1.29, 1.82) is 0 Å². The summed E-state index contributed by atoms with van der Waals surface area (Å²) in [6, 6.07) is 0.494. The summed E-state index contributed by atoms with van der Waals surface area (Å²) in [6.07, 6.45) is 1.13. The smallest absolute Gasteiger partial charge is 0.169 e. The Morgan fingerprint density at radius 2 is 2.00 bits per heavy atom. The summed E-state index contributed by atoms with van der Waals surface area (Å²) in [5.41, 5.74) is 0. The molecule has 0 aromatic heterocycles. The van der Waals surface area contributed by atoms with Crippen LogP contribution in [0, 0.1) is 0 Å². The second kappa shape index (κ2) is 6.28. The van der Waals surface area contributed by atoms with E-state index < -0.39 is 0 Å². The fraction of sp³-hybridized carbons (Fsp3) is 0.909. The first-order chi connectivity index (χ1) is 7.17. The molecule has 0 spiro atoms. The molecular formula is C11H24N3S+. The number of quaternary nitrogens is 1. The summed E-state index contributed by atoms with van der Waals surface area (Å²) in [6.45, 7) is 12.5. The summed E-state index contributed by atoms with van der Waals surface area (Å²) in [5.74, 6) is 0. The van der Waals surface area contributed by atoms with Crippen molar-refractivity contribution in [2.75, 3.05) is 32.7 Å². The van der Waals surface area contributed by atoms with E-state index in [-0.39, 0.29) is 0 Å². The topological polar surface area (TPSA) is 19.7 Å². The Balaban J connectivity index is 2.30. The molecule has 1 rings (SSSR count). The van der Waals surface area contributed by atoms with Crippen molar-refractivity contribution < 1.29 is 4.90 Å². The van der Waals surface area contributed by atoms with E-state index in [1.807, 2.05) is 0 Å². The van der Waals surface area contributed by atoms with Gasteiger partial charge in [-0.05, 0) is 32.5 Å². The van der Waals surface area contributed by atoms with Gasteiger partial charge in [-0.2, -0.15) is 0 Å². The van der Waals surface area contributed by atoms with Crippen LogP contribution in [0.3, 0.4) is 0 Å². The van der Waals surface area contributed by atoms with Crippen LogP contribution in [0.2, 0.25) is 0 Å². The molecular weight excluding hydrogens is 206 g/mol. The van der Waals surface area contributed by atoms with Crippen molar-refractivity contribution in [3.05, 3.63) is 0 Å². The van der Waals surface area contributed by atoms with Gasteiger partial charge >= 0.3 is 0 Å². The van der Waals surface area contributed by atoms with Crippen molar-refractivity contribution in [1.82, 2.24) is 10.2 Å². The van der Waals surface area contributed by atoms with Gasteiger partial charge in [0.1, 0.15) is 0 Å². The minimum atomic E-state index is 0.494. The van der Waals surface area contributed by atoms with Gasteiger partial charge in [-0.25, -0.2) is 0 Å². The molecule has 1 heterocycles. The number of hydrogen-bond acceptors (Lipinski definition) is 1. The zero-order valence-corrected chi connectivity index (χ0v) is 11.0. The Bertz CT molecular complexity index is 200. The highest BCUT2D eigenvalue weighted by atomic mass is 32.1. The molecule has 1 saturated heterocycles. The maximum Gasteiger partial charge on any atom is 0.169 e. The number of nitrogens with one attached hydrogen (secondary N) is 2. The third-order valence-electron chi connectivity index (χ3n) is 3.24. The second-order valence-electron chi connectivity index (χ2n) is 4.35. The molecule has 0 radical (unpaired) electrons. The van der Waals surface area contributed by atoms with Crippen molar-refractivity contribution in [3.8, 4) is 0 Å². The van der Waals surface area contributed by atoms with E-state index in [0.29, 0.717) is 6.04 Å². The Morgan fingerprint density at radius 3 is 2.47 bits per heavy atom. The number of rotatable bonds is 3. The molecule has 2 N–H and O–H groups in total. The van der Waals surface area contributed by atoms with Crippen molar-refractivity contribution in [2.45, 2.75) is 33.2 Å². The molecule has 0 aromatic carbocycles. The highest BCUT2D eigenvalue weighted by Crippen LogP contribution is 1.95. The lowest BCUT2D eigenvalue weighted by atomic mass is 10.2. The molecule has 88 valence electrons. The van der Waals surface area contributed by atoms with Crippen LogP contribution in [0.5, 0.6) is 0 Å². The van der Waals surface area contributed by atoms with Crippen LogP contribution in [0.25, 0.3) is 0 Å². The van der Waals surface area contributed by atoms with Crippen LogP contribution >= 0.6 is 12.2 Å². The van der Waals surface area contributed by atoms with Gasteiger partial charge in [0.05, 0.1) is 32.7 Å². The first-order valence-corrected chi connectivity index (χ1v) is 6.47. The lowest BCUT2D eigenvalue weighted by Crippen LogP contribution is -3.14. The SMILES string of the molecule is CC[C@@H](C)NC(=S)N1CC[NH+](CC)CC1. The summed E-state index contributed by atoms with van der Waals surface area (Å²) >= 11 is 5.40. The van der Waals surface area contributed by atoms with Crippen molar-refractivity contribution >= 4 is 17.3 Å². The Morgan fingerprint density at radius 1 is 1.40 bits per heavy atom. The van der Waals surface area contributed by atoms with Gasteiger partial charge < -0.3 is 15.1 Å². The largest absolute Gasteiger partial charge is 0.360 e. The Hall–Kier alpha value is -0.350. The van der Waals surface area contributed by atoms with Crippen LogP contribution in [0.1, 0.15) is 27.2 Å². The normalized spacial score (nSPS) is 20.1. The molecule has 4 heteroatoms. The van der Waals surface area contributed by atoms with Gasteiger partial charge in [0.25, 0.3) is 0 Å². The number of piperazine rings is 1. The minimum absolute atomic E-state index is 0.494. The highest BCUT2D eigenvalue weighted by molar-refractivity contribution is 7.80. The Kier molecular flexibility index (Phi) is 5.32. The van der Waals surface area contributed by atoms with Gasteiger partial charge in [-0.3, -0.25) is 0 Å². The average molecular weight is 230 g/mol. The van der Waals surface area contributed by atoms with Crippen LogP contribution in [-0.2, 0) is 0 Å². The van der Waals surface area contributed by atoms with Gasteiger partial charge in [0, 0.05) is 6.04 Å². The van der Waals surface area contributed by atoms with E-state index in [2.05, 4.69) is 31.0 Å². The molecule has 1 fully saturated rings. The fourth-order valence-electron chi connectivity index (χ4n) is 1.78. The molecule has 15 heavy (non-hydrogen) atoms. The third-order valence-corrected chi connectivity index (χ3v) is 3.62. The van der Waals surface area contributed by atoms with Crippen LogP contribution in [0.4, 0.5) is 0 Å². The molecule has 0 saturated carbocycles. The van der Waals surface area contributed by atoms with E-state index in [4.69, 9.17) is 12.2 Å². The standard InChI is InChI=1S/C11H23N3S/c1-4-10(3)12-11(15)14-8-6-13(5-2)7-9-14/h10H,4-9H2,1-3H3,(H,12,15)/p+1/t10-/m1/s1. The number of nitrogens with zero attached hydrogens (tertiary/aromatic N) is 1. The highest BCUT2D eigenvalue weighted by Gasteiger charge is 2.20. The zero-order valence-electron chi connectivity index (χ0n) is 10.2. The van der Waals surface area contributed by atoms with E-state index >= 15 is 0 Å². The van der Waals surface area contributed by atoms with Gasteiger partial charge in [-0.1, -0.05) is 6.92 Å². The third kappa shape index (κ3) is 3.95. The molecule has 3 nitrogen and oxygen atoms in total. The van der Waals surface area contributed by atoms with Crippen molar-refractivity contribution in [2.24, 2.45) is 0 Å². The average Bonchev–Trinajstić information content (AvgIpc) is 2.29. The van der Waals surface area contributed by atoms with Crippen molar-refractivity contribution in [3.63, 3.8) is 0 Å². The molecule has 0 unspecified atom stereocenters. The predicted octanol–water partition coefficient (Wildman–Crippen LogP) is -0.120. The van der Waals surface area contributed by atoms with E-state index in [9.17, 15) is 0 Å². The maximum atomic E-state index is 5.40. The number of hydrogen-bond donors (Lipinski definition) is 2. The molecule has 1 aliphatic heterocycles. The molecule has 0 bridgehead atoms. The Labute approximate surface area is 98.8 Å². The van der Waals surface area contributed by atoms with Gasteiger partial charge in [0.2, 0.25) is 0 Å². The monoisotopic (exact) mass is 230 g/mol. The molecule has 0 aliphatic carbocycles. The summed E-state index contributed by atoms with van der Waals surface area (Å²) in [4.78, 5) is 4.00. The van der Waals surface area contributed by atoms with Crippen LogP contribution in [-0.4, -0.2) is 48.8 Å². The molecule has 0 amide bonds. The minimum Gasteiger partial charge on any atom is -0.360 e. The van der Waals surface area contributed by atoms with Crippen LogP contribution < -0.4 is 10.2 Å². The molecule has 1 aliphatic rings. The van der Waals surface area contributed by atoms with E-state index in [1.165, 1.54) is 19.6 Å². The zero-order chi connectivity index (χ0) is 11.3. The number of likely N-dealkylation sites (N-methyl/N-ethyl adjacent to an activating group) is 1.